The van der Waals surface area contributed by atoms with Crippen molar-refractivity contribution in [2.75, 3.05) is 11.9 Å². The second-order valence-electron chi connectivity index (χ2n) is 4.49. The first kappa shape index (κ1) is 15.1. The van der Waals surface area contributed by atoms with Gasteiger partial charge in [-0.25, -0.2) is 9.59 Å². The molecule has 1 aromatic rings. The van der Waals surface area contributed by atoms with Crippen LogP contribution in [0.25, 0.3) is 0 Å². The summed E-state index contributed by atoms with van der Waals surface area (Å²) >= 11 is 0. The molecule has 6 heteroatoms. The van der Waals surface area contributed by atoms with E-state index in [-0.39, 0.29) is 17.4 Å². The van der Waals surface area contributed by atoms with Crippen LogP contribution in [-0.2, 0) is 0 Å². The van der Waals surface area contributed by atoms with Gasteiger partial charge in [-0.15, -0.1) is 0 Å². The van der Waals surface area contributed by atoms with Gasteiger partial charge in [0.2, 0.25) is 0 Å². The molecular formula is C13H21N3O3. The van der Waals surface area contributed by atoms with Crippen LogP contribution in [0, 0.1) is 6.92 Å². The molecular weight excluding hydrogens is 246 g/mol. The maximum absolute atomic E-state index is 11.6. The lowest BCUT2D eigenvalue weighted by Gasteiger charge is -2.06. The van der Waals surface area contributed by atoms with Crippen molar-refractivity contribution < 1.29 is 14.7 Å². The van der Waals surface area contributed by atoms with Crippen LogP contribution < -0.4 is 10.6 Å². The third-order valence-corrected chi connectivity index (χ3v) is 2.73. The second-order valence-corrected chi connectivity index (χ2v) is 4.49. The normalized spacial score (nSPS) is 10.2. The SMILES string of the molecule is CCCCCCNC(=O)Nc1cc(C)[nH]c1C(=O)O. The van der Waals surface area contributed by atoms with Crippen LogP contribution in [0.5, 0.6) is 0 Å². The highest BCUT2D eigenvalue weighted by Gasteiger charge is 2.14. The minimum absolute atomic E-state index is 0.00127. The summed E-state index contributed by atoms with van der Waals surface area (Å²) in [7, 11) is 0. The van der Waals surface area contributed by atoms with Gasteiger partial charge >= 0.3 is 12.0 Å². The van der Waals surface area contributed by atoms with E-state index in [1.54, 1.807) is 13.0 Å². The lowest BCUT2D eigenvalue weighted by atomic mass is 10.2. The number of unbranched alkanes of at least 4 members (excludes halogenated alkanes) is 3. The molecule has 0 saturated heterocycles. The zero-order valence-electron chi connectivity index (χ0n) is 11.4. The number of aromatic carboxylic acids is 1. The second kappa shape index (κ2) is 7.45. The van der Waals surface area contributed by atoms with Crippen LogP contribution in [0.4, 0.5) is 10.5 Å². The molecule has 0 aliphatic carbocycles. The van der Waals surface area contributed by atoms with Crippen LogP contribution >= 0.6 is 0 Å². The Morgan fingerprint density at radius 3 is 2.68 bits per heavy atom. The van der Waals surface area contributed by atoms with Gasteiger partial charge in [0.15, 0.2) is 0 Å². The van der Waals surface area contributed by atoms with Crippen molar-refractivity contribution in [2.45, 2.75) is 39.5 Å². The zero-order valence-corrected chi connectivity index (χ0v) is 11.4. The molecule has 0 aliphatic rings. The minimum atomic E-state index is -1.09. The monoisotopic (exact) mass is 267 g/mol. The molecule has 0 radical (unpaired) electrons. The quantitative estimate of drug-likeness (QED) is 0.572. The van der Waals surface area contributed by atoms with Crippen LogP contribution in [0.2, 0.25) is 0 Å². The molecule has 0 unspecified atom stereocenters. The van der Waals surface area contributed by atoms with Gasteiger partial charge in [0.1, 0.15) is 5.69 Å². The first-order valence-corrected chi connectivity index (χ1v) is 6.52. The first-order valence-electron chi connectivity index (χ1n) is 6.52. The molecule has 0 spiro atoms. The molecule has 1 rings (SSSR count). The van der Waals surface area contributed by atoms with E-state index in [9.17, 15) is 9.59 Å². The number of aromatic amines is 1. The summed E-state index contributed by atoms with van der Waals surface area (Å²) in [5.74, 6) is -1.09. The molecule has 1 heterocycles. The minimum Gasteiger partial charge on any atom is -0.477 e. The van der Waals surface area contributed by atoms with Crippen molar-refractivity contribution in [1.82, 2.24) is 10.3 Å². The summed E-state index contributed by atoms with van der Waals surface area (Å²) in [6.45, 7) is 4.46. The third kappa shape index (κ3) is 5.03. The van der Waals surface area contributed by atoms with Gasteiger partial charge in [-0.3, -0.25) is 0 Å². The Morgan fingerprint density at radius 1 is 1.32 bits per heavy atom. The molecule has 1 aromatic heterocycles. The summed E-state index contributed by atoms with van der Waals surface area (Å²) < 4.78 is 0. The summed E-state index contributed by atoms with van der Waals surface area (Å²) in [5.41, 5.74) is 0.977. The smallest absolute Gasteiger partial charge is 0.354 e. The van der Waals surface area contributed by atoms with Crippen molar-refractivity contribution in [3.63, 3.8) is 0 Å². The molecule has 106 valence electrons. The van der Waals surface area contributed by atoms with E-state index in [0.29, 0.717) is 12.2 Å². The summed E-state index contributed by atoms with van der Waals surface area (Å²) in [6.07, 6.45) is 4.32. The molecule has 0 fully saturated rings. The van der Waals surface area contributed by atoms with Crippen LogP contribution in [0.3, 0.4) is 0 Å². The average Bonchev–Trinajstić information content (AvgIpc) is 2.70. The number of urea groups is 1. The number of rotatable bonds is 7. The predicted molar refractivity (Wildman–Crippen MR) is 73.7 cm³/mol. The molecule has 0 aromatic carbocycles. The number of carbonyl (C=O) groups is 2. The number of carbonyl (C=O) groups excluding carboxylic acids is 1. The number of carboxylic acid groups (broad SMARTS) is 1. The van der Waals surface area contributed by atoms with Crippen molar-refractivity contribution in [1.29, 1.82) is 0 Å². The highest BCUT2D eigenvalue weighted by molar-refractivity contribution is 5.99. The zero-order chi connectivity index (χ0) is 14.3. The van der Waals surface area contributed by atoms with E-state index in [1.807, 2.05) is 0 Å². The van der Waals surface area contributed by atoms with E-state index < -0.39 is 5.97 Å². The Kier molecular flexibility index (Phi) is 5.92. The number of carboxylic acids is 1. The Bertz CT molecular complexity index is 440. The largest absolute Gasteiger partial charge is 0.477 e. The predicted octanol–water partition coefficient (Wildman–Crippen LogP) is 2.72. The van der Waals surface area contributed by atoms with Crippen LogP contribution in [0.1, 0.15) is 48.8 Å². The lowest BCUT2D eigenvalue weighted by Crippen LogP contribution is -2.30. The maximum Gasteiger partial charge on any atom is 0.354 e. The van der Waals surface area contributed by atoms with Gasteiger partial charge in [-0.1, -0.05) is 26.2 Å². The summed E-state index contributed by atoms with van der Waals surface area (Å²) in [5, 5.41) is 14.2. The van der Waals surface area contributed by atoms with E-state index >= 15 is 0 Å². The van der Waals surface area contributed by atoms with Gasteiger partial charge in [0, 0.05) is 12.2 Å². The number of aromatic nitrogens is 1. The van der Waals surface area contributed by atoms with Crippen LogP contribution in [-0.4, -0.2) is 28.6 Å². The maximum atomic E-state index is 11.6. The highest BCUT2D eigenvalue weighted by Crippen LogP contribution is 2.16. The van der Waals surface area contributed by atoms with E-state index in [2.05, 4.69) is 22.5 Å². The lowest BCUT2D eigenvalue weighted by molar-refractivity contribution is 0.0692. The molecule has 2 amide bonds. The Labute approximate surface area is 112 Å². The van der Waals surface area contributed by atoms with Gasteiger partial charge in [0.25, 0.3) is 0 Å². The molecule has 0 atom stereocenters. The molecule has 19 heavy (non-hydrogen) atoms. The van der Waals surface area contributed by atoms with E-state index in [4.69, 9.17) is 5.11 Å². The van der Waals surface area contributed by atoms with Crippen molar-refractivity contribution in [2.24, 2.45) is 0 Å². The number of nitrogens with one attached hydrogen (secondary N) is 3. The number of amides is 2. The van der Waals surface area contributed by atoms with Gasteiger partial charge in [-0.05, 0) is 19.4 Å². The topological polar surface area (TPSA) is 94.2 Å². The fourth-order valence-corrected chi connectivity index (χ4v) is 1.78. The standard InChI is InChI=1S/C13H21N3O3/c1-3-4-5-6-7-14-13(19)16-10-8-9(2)15-11(10)12(17)18/h8,15H,3-7H2,1-2H3,(H,17,18)(H2,14,16,19). The molecule has 0 bridgehead atoms. The molecule has 0 saturated carbocycles. The van der Waals surface area contributed by atoms with Gasteiger partial charge < -0.3 is 20.7 Å². The highest BCUT2D eigenvalue weighted by atomic mass is 16.4. The number of H-pyrrole nitrogens is 1. The Balaban J connectivity index is 2.42. The Hall–Kier alpha value is -1.98. The molecule has 4 N–H and O–H groups in total. The summed E-state index contributed by atoms with van der Waals surface area (Å²) in [4.78, 5) is 25.2. The van der Waals surface area contributed by atoms with Crippen LogP contribution in [0.15, 0.2) is 6.07 Å². The van der Waals surface area contributed by atoms with E-state index in [1.165, 1.54) is 0 Å². The van der Waals surface area contributed by atoms with E-state index in [0.717, 1.165) is 25.7 Å². The van der Waals surface area contributed by atoms with Gasteiger partial charge in [0.05, 0.1) is 5.69 Å². The first-order chi connectivity index (χ1) is 9.04. The number of anilines is 1. The third-order valence-electron chi connectivity index (χ3n) is 2.73. The van der Waals surface area contributed by atoms with Crippen molar-refractivity contribution in [3.8, 4) is 0 Å². The molecule has 0 aliphatic heterocycles. The molecule has 6 nitrogen and oxygen atoms in total. The average molecular weight is 267 g/mol. The number of aryl methyl sites for hydroxylation is 1. The number of hydrogen-bond donors (Lipinski definition) is 4. The Morgan fingerprint density at radius 2 is 2.05 bits per heavy atom. The fraction of sp³-hybridized carbons (Fsp3) is 0.538. The van der Waals surface area contributed by atoms with Crippen molar-refractivity contribution >= 4 is 17.7 Å². The summed E-state index contributed by atoms with van der Waals surface area (Å²) in [6, 6.07) is 1.22. The van der Waals surface area contributed by atoms with Crippen molar-refractivity contribution in [3.05, 3.63) is 17.5 Å². The fourth-order valence-electron chi connectivity index (χ4n) is 1.78. The van der Waals surface area contributed by atoms with Gasteiger partial charge in [-0.2, -0.15) is 0 Å². The number of hydrogen-bond acceptors (Lipinski definition) is 2.